The van der Waals surface area contributed by atoms with Crippen molar-refractivity contribution in [1.29, 1.82) is 0 Å². The predicted molar refractivity (Wildman–Crippen MR) is 77.7 cm³/mol. The van der Waals surface area contributed by atoms with E-state index in [-0.39, 0.29) is 24.9 Å². The molecule has 1 unspecified atom stereocenters. The third-order valence-corrected chi connectivity index (χ3v) is 3.83. The molecule has 9 heteroatoms. The van der Waals surface area contributed by atoms with Gasteiger partial charge in [0.05, 0.1) is 11.1 Å². The summed E-state index contributed by atoms with van der Waals surface area (Å²) in [4.78, 5) is 15.0. The van der Waals surface area contributed by atoms with Crippen LogP contribution in [0.15, 0.2) is 5.38 Å². The SMILES string of the molecule is CC(C)(C)C(O)CNC(=O)NCCc1nc(C(F)(F)F)cs1. The van der Waals surface area contributed by atoms with Gasteiger partial charge in [0.15, 0.2) is 5.69 Å². The van der Waals surface area contributed by atoms with Crippen molar-refractivity contribution in [2.24, 2.45) is 5.41 Å². The number of hydrogen-bond donors (Lipinski definition) is 3. The number of aliphatic hydroxyl groups is 1. The average Bonchev–Trinajstić information content (AvgIpc) is 2.83. The van der Waals surface area contributed by atoms with Crippen molar-refractivity contribution in [3.8, 4) is 0 Å². The van der Waals surface area contributed by atoms with Gasteiger partial charge < -0.3 is 15.7 Å². The smallest absolute Gasteiger partial charge is 0.391 e. The van der Waals surface area contributed by atoms with Gasteiger partial charge in [0.25, 0.3) is 0 Å². The topological polar surface area (TPSA) is 74.2 Å². The second-order valence-electron chi connectivity index (χ2n) is 5.89. The Morgan fingerprint density at radius 1 is 1.36 bits per heavy atom. The summed E-state index contributed by atoms with van der Waals surface area (Å²) < 4.78 is 37.1. The van der Waals surface area contributed by atoms with Crippen LogP contribution >= 0.6 is 11.3 Å². The number of urea groups is 1. The zero-order valence-corrected chi connectivity index (χ0v) is 13.4. The highest BCUT2D eigenvalue weighted by molar-refractivity contribution is 7.09. The number of amides is 2. The number of hydrogen-bond acceptors (Lipinski definition) is 4. The van der Waals surface area contributed by atoms with Gasteiger partial charge in [-0.1, -0.05) is 20.8 Å². The van der Waals surface area contributed by atoms with E-state index < -0.39 is 24.0 Å². The van der Waals surface area contributed by atoms with Crippen molar-refractivity contribution in [3.63, 3.8) is 0 Å². The molecule has 1 atom stereocenters. The number of nitrogens with one attached hydrogen (secondary N) is 2. The Balaban J connectivity index is 2.30. The normalized spacial score (nSPS) is 13.8. The summed E-state index contributed by atoms with van der Waals surface area (Å²) in [6.45, 7) is 5.81. The molecule has 2 amide bonds. The summed E-state index contributed by atoms with van der Waals surface area (Å²) >= 11 is 0.907. The van der Waals surface area contributed by atoms with E-state index in [1.54, 1.807) is 0 Å². The van der Waals surface area contributed by atoms with E-state index >= 15 is 0 Å². The first-order valence-corrected chi connectivity index (χ1v) is 7.59. The Morgan fingerprint density at radius 2 is 2.00 bits per heavy atom. The molecule has 0 saturated carbocycles. The summed E-state index contributed by atoms with van der Waals surface area (Å²) in [5, 5.41) is 16.0. The highest BCUT2D eigenvalue weighted by Crippen LogP contribution is 2.29. The van der Waals surface area contributed by atoms with Crippen LogP contribution in [0, 0.1) is 5.41 Å². The van der Waals surface area contributed by atoms with Gasteiger partial charge >= 0.3 is 12.2 Å². The van der Waals surface area contributed by atoms with E-state index in [4.69, 9.17) is 0 Å². The zero-order chi connectivity index (χ0) is 17.0. The molecule has 22 heavy (non-hydrogen) atoms. The van der Waals surface area contributed by atoms with Crippen LogP contribution < -0.4 is 10.6 Å². The quantitative estimate of drug-likeness (QED) is 0.771. The second kappa shape index (κ2) is 7.28. The van der Waals surface area contributed by atoms with Gasteiger partial charge in [-0.15, -0.1) is 11.3 Å². The molecule has 0 saturated heterocycles. The second-order valence-corrected chi connectivity index (χ2v) is 6.84. The van der Waals surface area contributed by atoms with Gasteiger partial charge in [-0.3, -0.25) is 0 Å². The third kappa shape index (κ3) is 6.18. The number of aliphatic hydroxyl groups excluding tert-OH is 1. The van der Waals surface area contributed by atoms with Gasteiger partial charge in [-0.2, -0.15) is 13.2 Å². The maximum absolute atomic E-state index is 12.4. The van der Waals surface area contributed by atoms with Crippen molar-refractivity contribution in [2.45, 2.75) is 39.5 Å². The van der Waals surface area contributed by atoms with Crippen LogP contribution in [0.5, 0.6) is 0 Å². The minimum atomic E-state index is -4.44. The lowest BCUT2D eigenvalue weighted by Crippen LogP contribution is -2.44. The van der Waals surface area contributed by atoms with Crippen molar-refractivity contribution in [3.05, 3.63) is 16.1 Å². The molecule has 3 N–H and O–H groups in total. The number of nitrogens with zero attached hydrogens (tertiary/aromatic N) is 1. The molecule has 0 aliphatic heterocycles. The monoisotopic (exact) mass is 339 g/mol. The maximum atomic E-state index is 12.4. The van der Waals surface area contributed by atoms with Crippen LogP contribution in [-0.4, -0.2) is 35.3 Å². The van der Waals surface area contributed by atoms with Gasteiger partial charge in [-0.25, -0.2) is 9.78 Å². The third-order valence-electron chi connectivity index (χ3n) is 2.92. The number of thiazole rings is 1. The van der Waals surface area contributed by atoms with E-state index in [0.29, 0.717) is 5.01 Å². The van der Waals surface area contributed by atoms with Crippen LogP contribution in [0.2, 0.25) is 0 Å². The number of aromatic nitrogens is 1. The first-order valence-electron chi connectivity index (χ1n) is 6.71. The number of carbonyl (C=O) groups is 1. The van der Waals surface area contributed by atoms with E-state index in [2.05, 4.69) is 15.6 Å². The lowest BCUT2D eigenvalue weighted by Gasteiger charge is -2.25. The molecule has 1 aromatic rings. The number of alkyl halides is 3. The Labute approximate surface area is 130 Å². The molecule has 0 fully saturated rings. The zero-order valence-electron chi connectivity index (χ0n) is 12.6. The molecule has 0 bridgehead atoms. The summed E-state index contributed by atoms with van der Waals surface area (Å²) in [6, 6.07) is -0.476. The largest absolute Gasteiger partial charge is 0.434 e. The van der Waals surface area contributed by atoms with Crippen molar-refractivity contribution >= 4 is 17.4 Å². The first-order chi connectivity index (χ1) is 10.00. The molecule has 0 aliphatic carbocycles. The number of rotatable bonds is 5. The van der Waals surface area contributed by atoms with Gasteiger partial charge in [-0.05, 0) is 5.41 Å². The van der Waals surface area contributed by atoms with Crippen molar-refractivity contribution in [2.75, 3.05) is 13.1 Å². The highest BCUT2D eigenvalue weighted by Gasteiger charge is 2.33. The molecular weight excluding hydrogens is 319 g/mol. The molecule has 1 heterocycles. The van der Waals surface area contributed by atoms with Gasteiger partial charge in [0.1, 0.15) is 0 Å². The molecule has 0 aliphatic rings. The van der Waals surface area contributed by atoms with Crippen LogP contribution in [0.3, 0.4) is 0 Å². The number of carbonyl (C=O) groups excluding carboxylic acids is 1. The van der Waals surface area contributed by atoms with Crippen LogP contribution in [0.1, 0.15) is 31.5 Å². The summed E-state index contributed by atoms with van der Waals surface area (Å²) in [5.41, 5.74) is -1.26. The standard InChI is InChI=1S/C13H20F3N3O2S/c1-12(2,3)9(20)6-18-11(21)17-5-4-10-19-8(7-22-10)13(14,15)16/h7,9,20H,4-6H2,1-3H3,(H2,17,18,21). The highest BCUT2D eigenvalue weighted by atomic mass is 32.1. The van der Waals surface area contributed by atoms with E-state index in [1.165, 1.54) is 0 Å². The molecule has 126 valence electrons. The molecule has 1 aromatic heterocycles. The van der Waals surface area contributed by atoms with Crippen molar-refractivity contribution < 1.29 is 23.1 Å². The summed E-state index contributed by atoms with van der Waals surface area (Å²) in [5.74, 6) is 0. The maximum Gasteiger partial charge on any atom is 0.434 e. The molecular formula is C13H20F3N3O2S. The first kappa shape index (κ1) is 18.7. The minimum absolute atomic E-state index is 0.102. The van der Waals surface area contributed by atoms with Gasteiger partial charge in [0, 0.05) is 24.9 Å². The lowest BCUT2D eigenvalue weighted by atomic mass is 9.89. The van der Waals surface area contributed by atoms with E-state index in [0.717, 1.165) is 16.7 Å². The Morgan fingerprint density at radius 3 is 2.50 bits per heavy atom. The van der Waals surface area contributed by atoms with E-state index in [1.807, 2.05) is 20.8 Å². The van der Waals surface area contributed by atoms with Crippen LogP contribution in [0.4, 0.5) is 18.0 Å². The fourth-order valence-corrected chi connectivity index (χ4v) is 2.20. The van der Waals surface area contributed by atoms with E-state index in [9.17, 15) is 23.1 Å². The fraction of sp³-hybridized carbons (Fsp3) is 0.692. The molecule has 0 spiro atoms. The van der Waals surface area contributed by atoms with Gasteiger partial charge in [0.2, 0.25) is 0 Å². The molecule has 0 radical (unpaired) electrons. The summed E-state index contributed by atoms with van der Waals surface area (Å²) in [6.07, 6.45) is -4.91. The minimum Gasteiger partial charge on any atom is -0.391 e. The Hall–Kier alpha value is -1.35. The number of halogens is 3. The summed E-state index contributed by atoms with van der Waals surface area (Å²) in [7, 11) is 0. The lowest BCUT2D eigenvalue weighted by molar-refractivity contribution is -0.140. The molecule has 5 nitrogen and oxygen atoms in total. The Bertz CT molecular complexity index is 497. The molecule has 0 aromatic carbocycles. The predicted octanol–water partition coefficient (Wildman–Crippen LogP) is 2.41. The fourth-order valence-electron chi connectivity index (χ4n) is 1.40. The van der Waals surface area contributed by atoms with Crippen LogP contribution in [0.25, 0.3) is 0 Å². The molecule has 1 rings (SSSR count). The van der Waals surface area contributed by atoms with Crippen molar-refractivity contribution in [1.82, 2.24) is 15.6 Å². The van der Waals surface area contributed by atoms with Crippen LogP contribution in [-0.2, 0) is 12.6 Å². The Kier molecular flexibility index (Phi) is 6.18. The average molecular weight is 339 g/mol.